The van der Waals surface area contributed by atoms with Crippen LogP contribution in [0.15, 0.2) is 72.8 Å². The molecule has 5 rings (SSSR count). The summed E-state index contributed by atoms with van der Waals surface area (Å²) < 4.78 is 28.3. The summed E-state index contributed by atoms with van der Waals surface area (Å²) in [4.78, 5) is 29.9. The van der Waals surface area contributed by atoms with Crippen molar-refractivity contribution in [2.45, 2.75) is 50.9 Å². The first-order valence-corrected chi connectivity index (χ1v) is 11.7. The fraction of sp³-hybridized carbons (Fsp3) is 0.286. The minimum atomic E-state index is -0.322. The Bertz CT molecular complexity index is 1110. The quantitative estimate of drug-likeness (QED) is 0.441. The molecule has 2 saturated carbocycles. The Morgan fingerprint density at radius 1 is 0.618 bits per heavy atom. The third kappa shape index (κ3) is 4.86. The fourth-order valence-corrected chi connectivity index (χ4v) is 4.21. The molecule has 0 heterocycles. The molecule has 174 valence electrons. The minimum Gasteiger partial charge on any atom is -0.331 e. The van der Waals surface area contributed by atoms with E-state index in [1.165, 1.54) is 12.1 Å². The first kappa shape index (κ1) is 22.3. The maximum atomic E-state index is 14.2. The van der Waals surface area contributed by atoms with Gasteiger partial charge in [-0.15, -0.1) is 0 Å². The number of benzene rings is 3. The van der Waals surface area contributed by atoms with Gasteiger partial charge in [-0.05, 0) is 62.1 Å². The molecule has 2 amide bonds. The molecule has 2 aliphatic carbocycles. The number of halogens is 2. The van der Waals surface area contributed by atoms with E-state index in [0.29, 0.717) is 22.3 Å². The van der Waals surface area contributed by atoms with Crippen molar-refractivity contribution in [2.75, 3.05) is 0 Å². The van der Waals surface area contributed by atoms with E-state index in [2.05, 4.69) is 0 Å². The van der Waals surface area contributed by atoms with Gasteiger partial charge in [0.2, 0.25) is 0 Å². The van der Waals surface area contributed by atoms with Gasteiger partial charge < -0.3 is 9.80 Å². The van der Waals surface area contributed by atoms with Gasteiger partial charge >= 0.3 is 0 Å². The van der Waals surface area contributed by atoms with Crippen molar-refractivity contribution in [3.05, 3.63) is 107 Å². The predicted molar refractivity (Wildman–Crippen MR) is 125 cm³/mol. The lowest BCUT2D eigenvalue weighted by Gasteiger charge is -2.24. The van der Waals surface area contributed by atoms with E-state index in [1.807, 2.05) is 0 Å². The molecule has 0 aliphatic heterocycles. The first-order chi connectivity index (χ1) is 16.5. The molecule has 4 nitrogen and oxygen atoms in total. The fourth-order valence-electron chi connectivity index (χ4n) is 4.21. The van der Waals surface area contributed by atoms with Crippen LogP contribution in [0.3, 0.4) is 0 Å². The van der Waals surface area contributed by atoms with Crippen LogP contribution < -0.4 is 0 Å². The highest BCUT2D eigenvalue weighted by Gasteiger charge is 2.35. The molecular weight excluding hydrogens is 434 g/mol. The zero-order valence-corrected chi connectivity index (χ0v) is 18.8. The van der Waals surface area contributed by atoms with Crippen molar-refractivity contribution in [2.24, 2.45) is 0 Å². The summed E-state index contributed by atoms with van der Waals surface area (Å²) in [5, 5.41) is 0. The largest absolute Gasteiger partial charge is 0.331 e. The van der Waals surface area contributed by atoms with Crippen molar-refractivity contribution in [1.82, 2.24) is 9.80 Å². The Morgan fingerprint density at radius 2 is 0.971 bits per heavy atom. The monoisotopic (exact) mass is 460 g/mol. The summed E-state index contributed by atoms with van der Waals surface area (Å²) in [6.07, 6.45) is 3.62. The highest BCUT2D eigenvalue weighted by atomic mass is 19.1. The van der Waals surface area contributed by atoms with Crippen LogP contribution in [0.2, 0.25) is 0 Å². The lowest BCUT2D eigenvalue weighted by atomic mass is 10.1. The molecule has 0 saturated heterocycles. The van der Waals surface area contributed by atoms with Gasteiger partial charge in [0.25, 0.3) is 11.8 Å². The average molecular weight is 461 g/mol. The number of amides is 2. The molecule has 3 aromatic carbocycles. The number of carbonyl (C=O) groups excluding carboxylic acids is 2. The summed E-state index contributed by atoms with van der Waals surface area (Å²) in [6.45, 7) is 0.434. The van der Waals surface area contributed by atoms with Gasteiger partial charge in [-0.25, -0.2) is 8.78 Å². The molecule has 0 bridgehead atoms. The van der Waals surface area contributed by atoms with E-state index in [-0.39, 0.29) is 48.6 Å². The molecule has 6 heteroatoms. The van der Waals surface area contributed by atoms with E-state index in [0.717, 1.165) is 25.7 Å². The SMILES string of the molecule is O=C(c1ccc(C(=O)N(Cc2ccccc2F)C2CC2)cc1)N(Cc1ccccc1F)C1CC1. The van der Waals surface area contributed by atoms with E-state index in [1.54, 1.807) is 70.5 Å². The Morgan fingerprint density at radius 3 is 1.29 bits per heavy atom. The Labute approximate surface area is 197 Å². The van der Waals surface area contributed by atoms with Crippen LogP contribution >= 0.6 is 0 Å². The van der Waals surface area contributed by atoms with E-state index >= 15 is 0 Å². The standard InChI is InChI=1S/C28H26F2N2O2/c29-25-7-3-1-5-21(25)17-31(23-13-14-23)27(33)19-9-11-20(12-10-19)28(34)32(24-15-16-24)18-22-6-2-4-8-26(22)30/h1-12,23-24H,13-18H2. The van der Waals surface area contributed by atoms with Crippen molar-refractivity contribution < 1.29 is 18.4 Å². The normalized spacial score (nSPS) is 15.1. The zero-order chi connectivity index (χ0) is 23.7. The molecule has 0 aromatic heterocycles. The maximum absolute atomic E-state index is 14.2. The van der Waals surface area contributed by atoms with Crippen LogP contribution in [-0.4, -0.2) is 33.7 Å². The lowest BCUT2D eigenvalue weighted by Crippen LogP contribution is -2.34. The maximum Gasteiger partial charge on any atom is 0.254 e. The van der Waals surface area contributed by atoms with Crippen molar-refractivity contribution in [3.63, 3.8) is 0 Å². The molecule has 2 aliphatic rings. The van der Waals surface area contributed by atoms with Gasteiger partial charge in [0.1, 0.15) is 11.6 Å². The molecule has 3 aromatic rings. The highest BCUT2D eigenvalue weighted by molar-refractivity contribution is 5.98. The summed E-state index contributed by atoms with van der Waals surface area (Å²) in [7, 11) is 0. The van der Waals surface area contributed by atoms with Gasteiger partial charge in [0.15, 0.2) is 0 Å². The van der Waals surface area contributed by atoms with E-state index < -0.39 is 0 Å². The van der Waals surface area contributed by atoms with Crippen molar-refractivity contribution >= 4 is 11.8 Å². The number of nitrogens with zero attached hydrogens (tertiary/aromatic N) is 2. The second kappa shape index (κ2) is 9.37. The van der Waals surface area contributed by atoms with E-state index in [9.17, 15) is 18.4 Å². The lowest BCUT2D eigenvalue weighted by molar-refractivity contribution is 0.0716. The molecule has 34 heavy (non-hydrogen) atoms. The second-order valence-electron chi connectivity index (χ2n) is 9.09. The highest BCUT2D eigenvalue weighted by Crippen LogP contribution is 2.32. The zero-order valence-electron chi connectivity index (χ0n) is 18.8. The summed E-state index contributed by atoms with van der Waals surface area (Å²) in [6, 6.07) is 19.8. The first-order valence-electron chi connectivity index (χ1n) is 11.7. The molecule has 0 atom stereocenters. The van der Waals surface area contributed by atoms with Gasteiger partial charge in [-0.1, -0.05) is 36.4 Å². The summed E-state index contributed by atoms with van der Waals surface area (Å²) in [5.74, 6) is -0.987. The minimum absolute atomic E-state index is 0.111. The summed E-state index contributed by atoms with van der Waals surface area (Å²) in [5.41, 5.74) is 1.91. The van der Waals surface area contributed by atoms with E-state index in [4.69, 9.17) is 0 Å². The van der Waals surface area contributed by atoms with Crippen LogP contribution in [0.1, 0.15) is 57.5 Å². The van der Waals surface area contributed by atoms with Crippen LogP contribution in [0.25, 0.3) is 0 Å². The molecule has 0 radical (unpaired) electrons. The topological polar surface area (TPSA) is 40.6 Å². The molecule has 0 unspecified atom stereocenters. The van der Waals surface area contributed by atoms with Gasteiger partial charge in [0.05, 0.1) is 0 Å². The number of hydrogen-bond acceptors (Lipinski definition) is 2. The van der Waals surface area contributed by atoms with Gasteiger partial charge in [-0.2, -0.15) is 0 Å². The Hall–Kier alpha value is -3.54. The average Bonchev–Trinajstić information content (AvgIpc) is 3.76. The third-order valence-electron chi connectivity index (χ3n) is 6.47. The Balaban J connectivity index is 1.32. The van der Waals surface area contributed by atoms with Crippen LogP contribution in [0.5, 0.6) is 0 Å². The second-order valence-corrected chi connectivity index (χ2v) is 9.09. The van der Waals surface area contributed by atoms with Gasteiger partial charge in [-0.3, -0.25) is 9.59 Å². The van der Waals surface area contributed by atoms with Crippen molar-refractivity contribution in [3.8, 4) is 0 Å². The molecule has 0 spiro atoms. The molecule has 2 fully saturated rings. The Kier molecular flexibility index (Phi) is 6.14. The number of hydrogen-bond donors (Lipinski definition) is 0. The molecule has 0 N–H and O–H groups in total. The number of carbonyl (C=O) groups is 2. The predicted octanol–water partition coefficient (Wildman–Crippen LogP) is 5.57. The smallest absolute Gasteiger partial charge is 0.254 e. The van der Waals surface area contributed by atoms with Crippen LogP contribution in [-0.2, 0) is 13.1 Å². The third-order valence-corrected chi connectivity index (χ3v) is 6.47. The molecular formula is C28H26F2N2O2. The van der Waals surface area contributed by atoms with Crippen molar-refractivity contribution in [1.29, 1.82) is 0 Å². The van der Waals surface area contributed by atoms with Gasteiger partial charge in [0, 0.05) is 47.4 Å². The van der Waals surface area contributed by atoms with Crippen LogP contribution in [0.4, 0.5) is 8.78 Å². The number of rotatable bonds is 8. The summed E-state index contributed by atoms with van der Waals surface area (Å²) >= 11 is 0. The van der Waals surface area contributed by atoms with Crippen LogP contribution in [0, 0.1) is 11.6 Å².